The number of nitrogens with zero attached hydrogens (tertiary/aromatic N) is 2. The molecule has 0 fully saturated rings. The zero-order chi connectivity index (χ0) is 19.6. The summed E-state index contributed by atoms with van der Waals surface area (Å²) in [6.07, 6.45) is -2.60. The monoisotopic (exact) mass is 395 g/mol. The van der Waals surface area contributed by atoms with Crippen molar-refractivity contribution in [2.45, 2.75) is 38.9 Å². The molecule has 1 aromatic carbocycles. The van der Waals surface area contributed by atoms with Crippen molar-refractivity contribution in [3.8, 4) is 0 Å². The average molecular weight is 395 g/mol. The Morgan fingerprint density at radius 3 is 2.81 bits per heavy atom. The molecule has 0 aliphatic carbocycles. The second kappa shape index (κ2) is 7.88. The second-order valence-corrected chi connectivity index (χ2v) is 7.49. The van der Waals surface area contributed by atoms with Gasteiger partial charge in [0.2, 0.25) is 5.91 Å². The molecule has 0 saturated carbocycles. The molecule has 1 N–H and O–H groups in total. The molecular weight excluding hydrogens is 375 g/mol. The molecule has 1 aliphatic rings. The highest BCUT2D eigenvalue weighted by Crippen LogP contribution is 2.35. The van der Waals surface area contributed by atoms with E-state index >= 15 is 0 Å². The molecule has 0 spiro atoms. The number of alkyl halides is 3. The van der Waals surface area contributed by atoms with E-state index < -0.39 is 17.8 Å². The molecule has 2 aromatic rings. The number of unbranched alkanes of at least 4 members (excludes halogenated alkanes) is 1. The lowest BCUT2D eigenvalue weighted by molar-refractivity contribution is -0.136. The minimum atomic E-state index is -4.48. The number of rotatable bonds is 5. The van der Waals surface area contributed by atoms with E-state index in [-0.39, 0.29) is 11.4 Å². The maximum Gasteiger partial charge on any atom is 0.418 e. The van der Waals surface area contributed by atoms with E-state index in [0.29, 0.717) is 34.0 Å². The number of hydrogen-bond acceptors (Lipinski definition) is 4. The highest BCUT2D eigenvalue weighted by atomic mass is 32.2. The molecule has 1 atom stereocenters. The first-order valence-corrected chi connectivity index (χ1v) is 9.75. The number of thioether (sulfide) groups is 1. The van der Waals surface area contributed by atoms with Gasteiger partial charge in [0.05, 0.1) is 16.8 Å². The maximum absolute atomic E-state index is 13.4. The zero-order valence-corrected chi connectivity index (χ0v) is 15.9. The Labute approximate surface area is 159 Å². The third kappa shape index (κ3) is 4.43. The fourth-order valence-corrected chi connectivity index (χ4v) is 3.88. The van der Waals surface area contributed by atoms with Crippen LogP contribution in [0.2, 0.25) is 0 Å². The molecular formula is C19H20F3N3OS. The smallest absolute Gasteiger partial charge is 0.354 e. The molecule has 3 rings (SSSR count). The number of benzene rings is 1. The van der Waals surface area contributed by atoms with Crippen LogP contribution in [-0.4, -0.2) is 34.3 Å². The molecule has 1 aliphatic heterocycles. The van der Waals surface area contributed by atoms with Crippen LogP contribution in [0.3, 0.4) is 0 Å². The van der Waals surface area contributed by atoms with Crippen LogP contribution < -0.4 is 5.32 Å². The van der Waals surface area contributed by atoms with Crippen LogP contribution in [0.1, 0.15) is 36.6 Å². The molecule has 0 bridgehead atoms. The zero-order valence-electron chi connectivity index (χ0n) is 15.1. The summed E-state index contributed by atoms with van der Waals surface area (Å²) >= 11 is 1.34. The van der Waals surface area contributed by atoms with Crippen LogP contribution in [0.5, 0.6) is 0 Å². The summed E-state index contributed by atoms with van der Waals surface area (Å²) in [5, 5.41) is 3.77. The van der Waals surface area contributed by atoms with Crippen LogP contribution in [0, 0.1) is 6.92 Å². The summed E-state index contributed by atoms with van der Waals surface area (Å²) in [5.41, 5.74) is 0.0491. The first-order chi connectivity index (χ1) is 12.8. The third-order valence-electron chi connectivity index (χ3n) is 4.24. The van der Waals surface area contributed by atoms with E-state index in [2.05, 4.69) is 15.3 Å². The molecule has 0 unspecified atom stereocenters. The first kappa shape index (κ1) is 19.7. The second-order valence-electron chi connectivity index (χ2n) is 6.48. The largest absolute Gasteiger partial charge is 0.418 e. The lowest BCUT2D eigenvalue weighted by Crippen LogP contribution is -2.34. The van der Waals surface area contributed by atoms with E-state index in [9.17, 15) is 18.0 Å². The van der Waals surface area contributed by atoms with Crippen molar-refractivity contribution in [3.05, 3.63) is 41.1 Å². The quantitative estimate of drug-likeness (QED) is 0.767. The summed E-state index contributed by atoms with van der Waals surface area (Å²) in [6, 6.07) is 5.53. The Morgan fingerprint density at radius 2 is 2.11 bits per heavy atom. The number of pyridine rings is 1. The van der Waals surface area contributed by atoms with E-state index in [1.54, 1.807) is 25.1 Å². The van der Waals surface area contributed by atoms with Gasteiger partial charge in [0, 0.05) is 17.7 Å². The number of aryl methyl sites for hydroxylation is 1. The molecule has 8 heteroatoms. The van der Waals surface area contributed by atoms with Crippen molar-refractivity contribution in [1.82, 2.24) is 10.3 Å². The van der Waals surface area contributed by atoms with Gasteiger partial charge >= 0.3 is 6.18 Å². The Balaban J connectivity index is 1.90. The van der Waals surface area contributed by atoms with Gasteiger partial charge < -0.3 is 5.32 Å². The molecule has 1 aromatic heterocycles. The van der Waals surface area contributed by atoms with Gasteiger partial charge in [-0.25, -0.2) is 4.98 Å². The minimum Gasteiger partial charge on any atom is -0.354 e. The topological polar surface area (TPSA) is 54.4 Å². The van der Waals surface area contributed by atoms with Gasteiger partial charge in [-0.05, 0) is 37.1 Å². The molecule has 1 amide bonds. The normalized spacial score (nSPS) is 17.2. The third-order valence-corrected chi connectivity index (χ3v) is 5.31. The van der Waals surface area contributed by atoms with Crippen molar-refractivity contribution in [2.75, 3.05) is 12.3 Å². The summed E-state index contributed by atoms with van der Waals surface area (Å²) in [7, 11) is 0. The molecule has 144 valence electrons. The van der Waals surface area contributed by atoms with Crippen molar-refractivity contribution >= 4 is 33.6 Å². The lowest BCUT2D eigenvalue weighted by atomic mass is 10.0. The van der Waals surface area contributed by atoms with E-state index in [1.165, 1.54) is 11.8 Å². The van der Waals surface area contributed by atoms with Crippen LogP contribution in [0.4, 0.5) is 13.2 Å². The minimum absolute atomic E-state index is 0.0928. The summed E-state index contributed by atoms with van der Waals surface area (Å²) in [5.74, 6) is 0.311. The number of aliphatic imine (C=N–C) groups is 1. The predicted molar refractivity (Wildman–Crippen MR) is 102 cm³/mol. The fourth-order valence-electron chi connectivity index (χ4n) is 2.87. The highest BCUT2D eigenvalue weighted by molar-refractivity contribution is 8.14. The van der Waals surface area contributed by atoms with Crippen LogP contribution in [0.15, 0.2) is 29.3 Å². The number of amides is 1. The van der Waals surface area contributed by atoms with Crippen molar-refractivity contribution in [1.29, 1.82) is 0 Å². The van der Waals surface area contributed by atoms with E-state index in [0.717, 1.165) is 18.9 Å². The fraction of sp³-hybridized carbons (Fsp3) is 0.421. The Morgan fingerprint density at radius 1 is 1.33 bits per heavy atom. The van der Waals surface area contributed by atoms with Crippen LogP contribution in [0.25, 0.3) is 10.9 Å². The van der Waals surface area contributed by atoms with Gasteiger partial charge in [-0.1, -0.05) is 19.4 Å². The maximum atomic E-state index is 13.4. The van der Waals surface area contributed by atoms with Gasteiger partial charge in [-0.2, -0.15) is 13.2 Å². The summed E-state index contributed by atoms with van der Waals surface area (Å²) in [4.78, 5) is 20.7. The number of hydrogen-bond donors (Lipinski definition) is 1. The number of halogens is 3. The van der Waals surface area contributed by atoms with Gasteiger partial charge in [-0.15, -0.1) is 11.8 Å². The number of carbonyl (C=O) groups is 1. The Kier molecular flexibility index (Phi) is 5.74. The highest BCUT2D eigenvalue weighted by Gasteiger charge is 2.34. The standard InChI is InChI=1S/C19H20F3N3OS/c1-3-4-7-23-17(26)15-10-27-18(25-15)14-6-5-12-8-11(2)9-13(16(12)24-14)19(20,21)22/h5-6,8-9,15H,3-4,7,10H2,1-2H3,(H,23,26)/t15-/m0/s1. The van der Waals surface area contributed by atoms with Gasteiger partial charge in [0.25, 0.3) is 0 Å². The summed E-state index contributed by atoms with van der Waals surface area (Å²) in [6.45, 7) is 4.26. The summed E-state index contributed by atoms with van der Waals surface area (Å²) < 4.78 is 40.2. The predicted octanol–water partition coefficient (Wildman–Crippen LogP) is 4.34. The van der Waals surface area contributed by atoms with Crippen LogP contribution >= 0.6 is 11.8 Å². The van der Waals surface area contributed by atoms with E-state index in [1.807, 2.05) is 6.92 Å². The van der Waals surface area contributed by atoms with Gasteiger partial charge in [0.1, 0.15) is 11.1 Å². The van der Waals surface area contributed by atoms with Crippen molar-refractivity contribution in [3.63, 3.8) is 0 Å². The lowest BCUT2D eigenvalue weighted by Gasteiger charge is -2.12. The molecule has 4 nitrogen and oxygen atoms in total. The molecule has 0 saturated heterocycles. The Hall–Kier alpha value is -2.09. The number of fused-ring (bicyclic) bond motifs is 1. The molecule has 2 heterocycles. The first-order valence-electron chi connectivity index (χ1n) is 8.77. The van der Waals surface area contributed by atoms with Crippen molar-refractivity contribution < 1.29 is 18.0 Å². The SMILES string of the molecule is CCCCNC(=O)[C@@H]1CSC(c2ccc3cc(C)cc(C(F)(F)F)c3n2)=N1. The van der Waals surface area contributed by atoms with Crippen LogP contribution in [-0.2, 0) is 11.0 Å². The van der Waals surface area contributed by atoms with E-state index in [4.69, 9.17) is 0 Å². The number of carbonyl (C=O) groups excluding carboxylic acids is 1. The average Bonchev–Trinajstić information content (AvgIpc) is 3.10. The van der Waals surface area contributed by atoms with Gasteiger partial charge in [-0.3, -0.25) is 9.79 Å². The van der Waals surface area contributed by atoms with Crippen molar-refractivity contribution in [2.24, 2.45) is 4.99 Å². The molecule has 0 radical (unpaired) electrons. The van der Waals surface area contributed by atoms with Gasteiger partial charge in [0.15, 0.2) is 0 Å². The number of nitrogens with one attached hydrogen (secondary N) is 1. The Bertz CT molecular complexity index is 896. The molecule has 27 heavy (non-hydrogen) atoms. The number of aromatic nitrogens is 1.